The number of amides is 1. The molecule has 0 bridgehead atoms. The van der Waals surface area contributed by atoms with Crippen molar-refractivity contribution in [3.63, 3.8) is 0 Å². The Morgan fingerprint density at radius 3 is 2.87 bits per heavy atom. The van der Waals surface area contributed by atoms with Crippen molar-refractivity contribution < 1.29 is 4.79 Å². The van der Waals surface area contributed by atoms with Crippen LogP contribution >= 0.6 is 28.3 Å². The van der Waals surface area contributed by atoms with Crippen LogP contribution in [0.2, 0.25) is 0 Å². The van der Waals surface area contributed by atoms with Crippen LogP contribution in [0.3, 0.4) is 0 Å². The van der Waals surface area contributed by atoms with E-state index in [9.17, 15) is 4.79 Å². The van der Waals surface area contributed by atoms with Gasteiger partial charge in [0.15, 0.2) is 0 Å². The van der Waals surface area contributed by atoms with E-state index in [1.165, 1.54) is 6.42 Å². The van der Waals surface area contributed by atoms with Crippen LogP contribution in [0.25, 0.3) is 0 Å². The summed E-state index contributed by atoms with van der Waals surface area (Å²) in [6, 6.07) is 8.08. The van der Waals surface area contributed by atoms with Crippen molar-refractivity contribution >= 4 is 34.2 Å². The summed E-state index contributed by atoms with van der Waals surface area (Å²) in [4.78, 5) is 16.6. The maximum Gasteiger partial charge on any atom is 0.236 e. The van der Waals surface area contributed by atoms with Gasteiger partial charge < -0.3 is 10.2 Å². The summed E-state index contributed by atoms with van der Waals surface area (Å²) in [6.45, 7) is 5.59. The zero-order valence-electron chi connectivity index (χ0n) is 13.5. The minimum absolute atomic E-state index is 0. The molecule has 0 aliphatic carbocycles. The van der Waals surface area contributed by atoms with E-state index in [0.717, 1.165) is 48.1 Å². The standard InChI is InChI=1S/C17H24BrN3O.ClH/c1-20(10-14-4-2-3-5-16(14)18)17(22)12-21-7-6-13-8-19-9-15(13)11-21;/h2-5,13,15,19H,6-12H2,1H3;1H. The molecule has 0 saturated carbocycles. The molecule has 2 fully saturated rings. The predicted molar refractivity (Wildman–Crippen MR) is 98.8 cm³/mol. The first-order valence-corrected chi connectivity index (χ1v) is 8.83. The molecule has 2 heterocycles. The topological polar surface area (TPSA) is 35.6 Å². The number of fused-ring (bicyclic) bond motifs is 1. The quantitative estimate of drug-likeness (QED) is 0.840. The normalized spacial score (nSPS) is 23.9. The molecule has 1 aromatic carbocycles. The largest absolute Gasteiger partial charge is 0.340 e. The van der Waals surface area contributed by atoms with Gasteiger partial charge >= 0.3 is 0 Å². The molecule has 6 heteroatoms. The fourth-order valence-corrected chi connectivity index (χ4v) is 3.95. The third-order valence-electron chi connectivity index (χ3n) is 4.94. The number of likely N-dealkylation sites (N-methyl/N-ethyl adjacent to an activating group) is 1. The van der Waals surface area contributed by atoms with E-state index in [4.69, 9.17) is 0 Å². The molecule has 1 amide bonds. The van der Waals surface area contributed by atoms with E-state index in [2.05, 4.69) is 32.2 Å². The third kappa shape index (κ3) is 4.69. The van der Waals surface area contributed by atoms with Crippen molar-refractivity contribution in [2.24, 2.45) is 11.8 Å². The fourth-order valence-electron chi connectivity index (χ4n) is 3.54. The molecule has 2 saturated heterocycles. The zero-order chi connectivity index (χ0) is 15.5. The molecule has 23 heavy (non-hydrogen) atoms. The van der Waals surface area contributed by atoms with Crippen LogP contribution in [0.1, 0.15) is 12.0 Å². The van der Waals surface area contributed by atoms with Gasteiger partial charge in [0.05, 0.1) is 6.54 Å². The minimum atomic E-state index is 0. The number of nitrogens with zero attached hydrogens (tertiary/aromatic N) is 2. The highest BCUT2D eigenvalue weighted by Crippen LogP contribution is 2.26. The molecule has 2 aliphatic heterocycles. The van der Waals surface area contributed by atoms with Crippen LogP contribution in [-0.2, 0) is 11.3 Å². The summed E-state index contributed by atoms with van der Waals surface area (Å²) in [7, 11) is 1.89. The lowest BCUT2D eigenvalue weighted by Crippen LogP contribution is -2.45. The SMILES string of the molecule is CN(Cc1ccccc1Br)C(=O)CN1CCC2CNCC2C1.Cl. The number of carbonyl (C=O) groups is 1. The monoisotopic (exact) mass is 401 g/mol. The van der Waals surface area contributed by atoms with E-state index < -0.39 is 0 Å². The van der Waals surface area contributed by atoms with Gasteiger partial charge in [0.2, 0.25) is 5.91 Å². The predicted octanol–water partition coefficient (Wildman–Crippen LogP) is 2.37. The number of rotatable bonds is 4. The van der Waals surface area contributed by atoms with Crippen LogP contribution in [0.4, 0.5) is 0 Å². The van der Waals surface area contributed by atoms with Crippen molar-refractivity contribution in [2.45, 2.75) is 13.0 Å². The number of piperidine rings is 1. The second-order valence-electron chi connectivity index (χ2n) is 6.54. The summed E-state index contributed by atoms with van der Waals surface area (Å²) in [5.74, 6) is 1.76. The first-order valence-electron chi connectivity index (χ1n) is 8.04. The first-order chi connectivity index (χ1) is 10.6. The molecule has 3 rings (SSSR count). The lowest BCUT2D eigenvalue weighted by molar-refractivity contribution is -0.132. The number of nitrogens with one attached hydrogen (secondary N) is 1. The van der Waals surface area contributed by atoms with E-state index in [-0.39, 0.29) is 18.3 Å². The smallest absolute Gasteiger partial charge is 0.236 e. The molecule has 2 atom stereocenters. The van der Waals surface area contributed by atoms with Crippen molar-refractivity contribution in [2.75, 3.05) is 39.8 Å². The average Bonchev–Trinajstić information content (AvgIpc) is 2.97. The van der Waals surface area contributed by atoms with E-state index in [1.807, 2.05) is 30.1 Å². The van der Waals surface area contributed by atoms with Gasteiger partial charge in [-0.1, -0.05) is 34.1 Å². The van der Waals surface area contributed by atoms with Gasteiger partial charge in [0.25, 0.3) is 0 Å². The molecule has 128 valence electrons. The summed E-state index contributed by atoms with van der Waals surface area (Å²) in [5, 5.41) is 3.47. The zero-order valence-corrected chi connectivity index (χ0v) is 15.9. The number of hydrogen-bond donors (Lipinski definition) is 1. The lowest BCUT2D eigenvalue weighted by atomic mass is 9.89. The Kier molecular flexibility index (Phi) is 6.89. The Morgan fingerprint density at radius 2 is 2.09 bits per heavy atom. The molecular formula is C17H25BrClN3O. The van der Waals surface area contributed by atoms with Gasteiger partial charge in [0, 0.05) is 24.6 Å². The van der Waals surface area contributed by atoms with Crippen molar-refractivity contribution in [1.82, 2.24) is 15.1 Å². The Morgan fingerprint density at radius 1 is 1.35 bits per heavy atom. The molecule has 1 aromatic rings. The Balaban J connectivity index is 0.00000192. The van der Waals surface area contributed by atoms with Gasteiger partial charge in [-0.3, -0.25) is 9.69 Å². The van der Waals surface area contributed by atoms with Crippen LogP contribution in [-0.4, -0.2) is 55.5 Å². The minimum Gasteiger partial charge on any atom is -0.340 e. The molecule has 2 unspecified atom stereocenters. The molecule has 2 aliphatic rings. The molecule has 0 aromatic heterocycles. The van der Waals surface area contributed by atoms with E-state index >= 15 is 0 Å². The Bertz CT molecular complexity index is 542. The van der Waals surface area contributed by atoms with Gasteiger partial charge in [-0.05, 0) is 49.5 Å². The second-order valence-corrected chi connectivity index (χ2v) is 7.40. The van der Waals surface area contributed by atoms with Crippen molar-refractivity contribution in [3.8, 4) is 0 Å². The number of hydrogen-bond acceptors (Lipinski definition) is 3. The van der Waals surface area contributed by atoms with Crippen LogP contribution in [0, 0.1) is 11.8 Å². The molecule has 0 spiro atoms. The van der Waals surface area contributed by atoms with Crippen LogP contribution in [0.15, 0.2) is 28.7 Å². The maximum atomic E-state index is 12.5. The van der Waals surface area contributed by atoms with Gasteiger partial charge in [-0.25, -0.2) is 0 Å². The van der Waals surface area contributed by atoms with Crippen LogP contribution in [0.5, 0.6) is 0 Å². The summed E-state index contributed by atoms with van der Waals surface area (Å²) in [5.41, 5.74) is 1.15. The Labute approximate surface area is 153 Å². The van der Waals surface area contributed by atoms with Crippen molar-refractivity contribution in [1.29, 1.82) is 0 Å². The second kappa shape index (κ2) is 8.47. The number of halogens is 2. The fraction of sp³-hybridized carbons (Fsp3) is 0.588. The van der Waals surface area contributed by atoms with E-state index in [0.29, 0.717) is 13.1 Å². The first kappa shape index (κ1) is 18.7. The van der Waals surface area contributed by atoms with Gasteiger partial charge in [-0.15, -0.1) is 12.4 Å². The highest BCUT2D eigenvalue weighted by Gasteiger charge is 2.33. The molecular weight excluding hydrogens is 378 g/mol. The summed E-state index contributed by atoms with van der Waals surface area (Å²) < 4.78 is 1.06. The highest BCUT2D eigenvalue weighted by atomic mass is 79.9. The average molecular weight is 403 g/mol. The maximum absolute atomic E-state index is 12.5. The van der Waals surface area contributed by atoms with E-state index in [1.54, 1.807) is 0 Å². The molecule has 0 radical (unpaired) electrons. The third-order valence-corrected chi connectivity index (χ3v) is 5.71. The summed E-state index contributed by atoms with van der Waals surface area (Å²) in [6.07, 6.45) is 1.22. The van der Waals surface area contributed by atoms with Crippen molar-refractivity contribution in [3.05, 3.63) is 34.3 Å². The molecule has 4 nitrogen and oxygen atoms in total. The summed E-state index contributed by atoms with van der Waals surface area (Å²) >= 11 is 3.55. The highest BCUT2D eigenvalue weighted by molar-refractivity contribution is 9.10. The number of likely N-dealkylation sites (tertiary alicyclic amines) is 1. The number of benzene rings is 1. The number of carbonyl (C=O) groups excluding carboxylic acids is 1. The van der Waals surface area contributed by atoms with Crippen LogP contribution < -0.4 is 5.32 Å². The van der Waals surface area contributed by atoms with Gasteiger partial charge in [0.1, 0.15) is 0 Å². The van der Waals surface area contributed by atoms with Gasteiger partial charge in [-0.2, -0.15) is 0 Å². The lowest BCUT2D eigenvalue weighted by Gasteiger charge is -2.34. The Hall–Kier alpha value is -0.620. The molecule has 1 N–H and O–H groups in total.